The summed E-state index contributed by atoms with van der Waals surface area (Å²) in [6.45, 7) is 2.08. The van der Waals surface area contributed by atoms with Crippen LogP contribution in [0.15, 0.2) is 42.5 Å². The summed E-state index contributed by atoms with van der Waals surface area (Å²) in [6.07, 6.45) is 14.5. The first kappa shape index (κ1) is 14.5. The molecule has 0 aromatic heterocycles. The molecule has 0 spiro atoms. The van der Waals surface area contributed by atoms with Gasteiger partial charge in [-0.05, 0) is 6.42 Å². The van der Waals surface area contributed by atoms with Gasteiger partial charge < -0.3 is 6.08 Å². The van der Waals surface area contributed by atoms with Crippen LogP contribution in [0.5, 0.6) is 0 Å². The first-order chi connectivity index (χ1) is 6.89. The van der Waals surface area contributed by atoms with Crippen molar-refractivity contribution < 1.29 is 20.1 Å². The maximum absolute atomic E-state index is 3.21. The predicted molar refractivity (Wildman–Crippen MR) is 62.2 cm³/mol. The van der Waals surface area contributed by atoms with E-state index in [1.807, 2.05) is 12.1 Å². The van der Waals surface area contributed by atoms with Crippen molar-refractivity contribution in [3.63, 3.8) is 0 Å². The molecule has 85 valence electrons. The van der Waals surface area contributed by atoms with Crippen molar-refractivity contribution in [1.82, 2.24) is 0 Å². The van der Waals surface area contributed by atoms with Crippen LogP contribution in [0.3, 0.4) is 0 Å². The third-order valence-corrected chi connectivity index (χ3v) is 2.07. The van der Waals surface area contributed by atoms with Crippen LogP contribution in [0, 0.1) is 13.0 Å². The molecule has 1 aliphatic rings. The fraction of sp³-hybridized carbons (Fsp3) is 0.357. The van der Waals surface area contributed by atoms with Gasteiger partial charge in [-0.1, -0.05) is 31.9 Å². The summed E-state index contributed by atoms with van der Waals surface area (Å²) < 4.78 is 0. The summed E-state index contributed by atoms with van der Waals surface area (Å²) in [5.41, 5.74) is 1.34. The molecule has 0 fully saturated rings. The van der Waals surface area contributed by atoms with E-state index in [-0.39, 0.29) is 20.1 Å². The number of aryl methyl sites for hydroxylation is 1. The van der Waals surface area contributed by atoms with E-state index >= 15 is 0 Å². The molecule has 0 atom stereocenters. The molecule has 0 nitrogen and oxygen atoms in total. The van der Waals surface area contributed by atoms with Crippen LogP contribution in [0.2, 0.25) is 0 Å². The summed E-state index contributed by atoms with van der Waals surface area (Å²) in [5.74, 6) is 0. The minimum absolute atomic E-state index is 0. The summed E-state index contributed by atoms with van der Waals surface area (Å²) in [6, 6.07) is 8.24. The second-order valence-corrected chi connectivity index (χ2v) is 3.46. The van der Waals surface area contributed by atoms with Crippen molar-refractivity contribution in [3.8, 4) is 0 Å². The molecule has 2 rings (SSSR count). The first-order valence-corrected chi connectivity index (χ1v) is 5.28. The zero-order valence-electron chi connectivity index (χ0n) is 9.20. The van der Waals surface area contributed by atoms with Crippen LogP contribution in [0.25, 0.3) is 0 Å². The summed E-state index contributed by atoms with van der Waals surface area (Å²) in [4.78, 5) is 0. The Kier molecular flexibility index (Phi) is 9.67. The molecule has 0 aliphatic heterocycles. The second kappa shape index (κ2) is 10.0. The zero-order valence-corrected chi connectivity index (χ0v) is 11.6. The van der Waals surface area contributed by atoms with Crippen molar-refractivity contribution in [2.24, 2.45) is 0 Å². The van der Waals surface area contributed by atoms with Crippen molar-refractivity contribution in [3.05, 3.63) is 54.1 Å². The molecule has 1 aromatic carbocycles. The quantitative estimate of drug-likeness (QED) is 0.469. The zero-order chi connectivity index (χ0) is 10.1. The summed E-state index contributed by atoms with van der Waals surface area (Å²) >= 11 is 0. The minimum Gasteiger partial charge on any atom is -0.500 e. The van der Waals surface area contributed by atoms with Crippen molar-refractivity contribution in [2.75, 3.05) is 0 Å². The van der Waals surface area contributed by atoms with Gasteiger partial charge in [0.2, 0.25) is 0 Å². The van der Waals surface area contributed by atoms with E-state index in [1.165, 1.54) is 24.8 Å². The van der Waals surface area contributed by atoms with Crippen molar-refractivity contribution in [2.45, 2.75) is 32.6 Å². The van der Waals surface area contributed by atoms with Crippen molar-refractivity contribution >= 4 is 0 Å². The van der Waals surface area contributed by atoms with E-state index in [0.717, 1.165) is 6.42 Å². The second-order valence-electron chi connectivity index (χ2n) is 3.46. The average Bonchev–Trinajstić information content (AvgIpc) is 2.55. The van der Waals surface area contributed by atoms with Crippen LogP contribution in [0.4, 0.5) is 0 Å². The van der Waals surface area contributed by atoms with Gasteiger partial charge in [0.05, 0.1) is 0 Å². The van der Waals surface area contributed by atoms with Gasteiger partial charge in [0.15, 0.2) is 0 Å². The standard InChI is InChI=1S/C8H11.C6H7.Ir/c1-2-4-6-8-7-5-3-1;1-6-4-2-3-5-6;/h1-2,7H,3-6H2;2-5H,1H3;/q2*-1;. The topological polar surface area (TPSA) is 0 Å². The van der Waals surface area contributed by atoms with E-state index in [2.05, 4.69) is 43.4 Å². The van der Waals surface area contributed by atoms with Crippen LogP contribution in [-0.4, -0.2) is 0 Å². The van der Waals surface area contributed by atoms with Gasteiger partial charge >= 0.3 is 0 Å². The van der Waals surface area contributed by atoms with E-state index in [0.29, 0.717) is 0 Å². The van der Waals surface area contributed by atoms with Gasteiger partial charge in [0, 0.05) is 20.1 Å². The number of hydrogen-bond acceptors (Lipinski definition) is 0. The number of rotatable bonds is 0. The maximum atomic E-state index is 3.21. The van der Waals surface area contributed by atoms with Gasteiger partial charge in [0.1, 0.15) is 0 Å². The summed E-state index contributed by atoms with van der Waals surface area (Å²) in [5, 5.41) is 0. The van der Waals surface area contributed by atoms with E-state index in [1.54, 1.807) is 0 Å². The van der Waals surface area contributed by atoms with E-state index in [9.17, 15) is 0 Å². The Morgan fingerprint density at radius 1 is 1.00 bits per heavy atom. The molecule has 1 aromatic rings. The SMILES string of the molecule is C[c-]1cccc1.[C-]1=CCCC=CCC1.[Ir]. The van der Waals surface area contributed by atoms with Gasteiger partial charge in [0.25, 0.3) is 0 Å². The van der Waals surface area contributed by atoms with Crippen LogP contribution < -0.4 is 0 Å². The van der Waals surface area contributed by atoms with Crippen LogP contribution in [0.1, 0.15) is 31.2 Å². The number of hydrogen-bond donors (Lipinski definition) is 0. The molecule has 15 heavy (non-hydrogen) atoms. The molecule has 0 bridgehead atoms. The first-order valence-electron chi connectivity index (χ1n) is 5.28. The minimum atomic E-state index is 0. The average molecular weight is 379 g/mol. The third kappa shape index (κ3) is 8.47. The molecule has 0 amide bonds. The van der Waals surface area contributed by atoms with Gasteiger partial charge in [-0.2, -0.15) is 24.1 Å². The van der Waals surface area contributed by atoms with E-state index < -0.39 is 0 Å². The molecule has 0 N–H and O–H groups in total. The Balaban J connectivity index is 0.000000253. The largest absolute Gasteiger partial charge is 0.500 e. The molecule has 0 heterocycles. The Bertz CT molecular complexity index is 242. The molecule has 0 saturated heterocycles. The van der Waals surface area contributed by atoms with Crippen molar-refractivity contribution in [1.29, 1.82) is 0 Å². The van der Waals surface area contributed by atoms with Gasteiger partial charge in [-0.3, -0.25) is 6.08 Å². The number of allylic oxidation sites excluding steroid dienone is 4. The monoisotopic (exact) mass is 379 g/mol. The maximum Gasteiger partial charge on any atom is 0 e. The van der Waals surface area contributed by atoms with Crippen LogP contribution in [-0.2, 0) is 20.1 Å². The Morgan fingerprint density at radius 2 is 1.67 bits per heavy atom. The molecule has 1 radical (unpaired) electrons. The fourth-order valence-corrected chi connectivity index (χ4v) is 1.26. The smallest absolute Gasteiger partial charge is 0 e. The van der Waals surface area contributed by atoms with Gasteiger partial charge in [-0.25, -0.2) is 12.1 Å². The van der Waals surface area contributed by atoms with Crippen LogP contribution >= 0.6 is 0 Å². The summed E-state index contributed by atoms with van der Waals surface area (Å²) in [7, 11) is 0. The Morgan fingerprint density at radius 3 is 2.27 bits per heavy atom. The molecular formula is C14H18Ir-2. The molecular weight excluding hydrogens is 360 g/mol. The molecule has 1 aliphatic carbocycles. The normalized spacial score (nSPS) is 14.2. The van der Waals surface area contributed by atoms with E-state index in [4.69, 9.17) is 0 Å². The molecule has 1 heteroatoms. The third-order valence-electron chi connectivity index (χ3n) is 2.07. The molecule has 0 saturated carbocycles. The fourth-order valence-electron chi connectivity index (χ4n) is 1.26. The Hall–Kier alpha value is -0.521. The Labute approximate surface area is 107 Å². The predicted octanol–water partition coefficient (Wildman–Crippen LogP) is 4.19. The van der Waals surface area contributed by atoms with Gasteiger partial charge in [-0.15, -0.1) is 0 Å². The molecule has 0 unspecified atom stereocenters.